The summed E-state index contributed by atoms with van der Waals surface area (Å²) in [5.74, 6) is -1.46. The SMILES string of the molecule is C=CCc1ccccc1.Oc1ccccc1S(F)(F)(F)(F)F. The first-order chi connectivity index (χ1) is 9.94. The third kappa shape index (κ3) is 5.77. The maximum absolute atomic E-state index is 12.0. The molecule has 0 saturated carbocycles. The number of aromatic hydroxyl groups is 1. The summed E-state index contributed by atoms with van der Waals surface area (Å²) >= 11 is 0. The van der Waals surface area contributed by atoms with Gasteiger partial charge in [0, 0.05) is 0 Å². The van der Waals surface area contributed by atoms with Gasteiger partial charge in [0.05, 0.1) is 0 Å². The number of allylic oxidation sites excluding steroid dienone is 1. The Morgan fingerprint density at radius 1 is 0.864 bits per heavy atom. The molecule has 0 saturated heterocycles. The Kier molecular flexibility index (Phi) is 4.62. The smallest absolute Gasteiger partial charge is 0.313 e. The third-order valence-corrected chi connectivity index (χ3v) is 3.68. The van der Waals surface area contributed by atoms with Crippen molar-refractivity contribution < 1.29 is 24.5 Å². The largest absolute Gasteiger partial charge is 0.506 e. The molecule has 0 bridgehead atoms. The van der Waals surface area contributed by atoms with Crippen molar-refractivity contribution in [3.8, 4) is 5.75 Å². The van der Waals surface area contributed by atoms with Crippen LogP contribution in [0.4, 0.5) is 19.4 Å². The molecule has 0 radical (unpaired) electrons. The first-order valence-electron chi connectivity index (χ1n) is 6.11. The van der Waals surface area contributed by atoms with Crippen molar-refractivity contribution in [2.45, 2.75) is 11.3 Å². The van der Waals surface area contributed by atoms with Crippen LogP contribution < -0.4 is 0 Å². The molecule has 122 valence electrons. The van der Waals surface area contributed by atoms with Crippen LogP contribution in [-0.4, -0.2) is 5.11 Å². The first-order valence-corrected chi connectivity index (χ1v) is 8.06. The van der Waals surface area contributed by atoms with Crippen LogP contribution in [-0.2, 0) is 6.42 Å². The second-order valence-corrected chi connectivity index (χ2v) is 6.79. The van der Waals surface area contributed by atoms with Crippen LogP contribution in [0.25, 0.3) is 0 Å². The molecular formula is C15H15F5OS. The Balaban J connectivity index is 0.000000235. The van der Waals surface area contributed by atoms with Crippen LogP contribution in [0.15, 0.2) is 72.1 Å². The second-order valence-electron chi connectivity index (χ2n) is 4.42. The number of halogens is 5. The minimum atomic E-state index is -9.73. The number of para-hydroxylation sites is 1. The molecule has 0 amide bonds. The monoisotopic (exact) mass is 338 g/mol. The third-order valence-electron chi connectivity index (χ3n) is 2.50. The fourth-order valence-electron chi connectivity index (χ4n) is 1.56. The molecule has 0 aliphatic carbocycles. The number of rotatable bonds is 3. The van der Waals surface area contributed by atoms with Gasteiger partial charge in [-0.05, 0) is 24.1 Å². The maximum Gasteiger partial charge on any atom is 0.313 e. The Morgan fingerprint density at radius 3 is 1.77 bits per heavy atom. The van der Waals surface area contributed by atoms with Gasteiger partial charge in [-0.15, -0.1) is 6.58 Å². The highest BCUT2D eigenvalue weighted by Gasteiger charge is 2.66. The van der Waals surface area contributed by atoms with E-state index in [2.05, 4.69) is 18.7 Å². The normalized spacial score (nSPS) is 14.0. The fourth-order valence-corrected chi connectivity index (χ4v) is 2.36. The highest BCUT2D eigenvalue weighted by atomic mass is 32.5. The van der Waals surface area contributed by atoms with Gasteiger partial charge in [0.2, 0.25) is 0 Å². The summed E-state index contributed by atoms with van der Waals surface area (Å²) in [5, 5.41) is 8.61. The van der Waals surface area contributed by atoms with Gasteiger partial charge in [-0.25, -0.2) is 0 Å². The van der Waals surface area contributed by atoms with Crippen LogP contribution in [0.2, 0.25) is 0 Å². The molecule has 7 heteroatoms. The number of hydrogen-bond acceptors (Lipinski definition) is 1. The van der Waals surface area contributed by atoms with E-state index in [-0.39, 0.29) is 6.07 Å². The molecule has 0 atom stereocenters. The Morgan fingerprint density at radius 2 is 1.36 bits per heavy atom. The van der Waals surface area contributed by atoms with Crippen molar-refractivity contribution in [3.05, 3.63) is 72.8 Å². The molecule has 1 N–H and O–H groups in total. The quantitative estimate of drug-likeness (QED) is 0.502. The predicted octanol–water partition coefficient (Wildman–Crippen LogP) is 6.46. The van der Waals surface area contributed by atoms with E-state index >= 15 is 0 Å². The van der Waals surface area contributed by atoms with E-state index in [1.165, 1.54) is 5.56 Å². The van der Waals surface area contributed by atoms with E-state index < -0.39 is 20.9 Å². The lowest BCUT2D eigenvalue weighted by Gasteiger charge is -2.40. The van der Waals surface area contributed by atoms with E-state index in [4.69, 9.17) is 5.11 Å². The molecule has 1 nitrogen and oxygen atoms in total. The second kappa shape index (κ2) is 5.64. The van der Waals surface area contributed by atoms with Crippen molar-refractivity contribution in [2.24, 2.45) is 0 Å². The van der Waals surface area contributed by atoms with Crippen LogP contribution in [0.5, 0.6) is 5.75 Å². The van der Waals surface area contributed by atoms with Gasteiger partial charge in [-0.1, -0.05) is 68.0 Å². The number of benzene rings is 2. The van der Waals surface area contributed by atoms with Crippen LogP contribution >= 0.6 is 10.2 Å². The van der Waals surface area contributed by atoms with Gasteiger partial charge in [0.1, 0.15) is 10.6 Å². The fraction of sp³-hybridized carbons (Fsp3) is 0.0667. The Bertz CT molecular complexity index is 638. The molecule has 0 aliphatic rings. The molecular weight excluding hydrogens is 323 g/mol. The van der Waals surface area contributed by atoms with Gasteiger partial charge in [0.25, 0.3) is 0 Å². The zero-order valence-corrected chi connectivity index (χ0v) is 12.2. The molecule has 2 aromatic carbocycles. The van der Waals surface area contributed by atoms with Crippen LogP contribution in [0.1, 0.15) is 5.56 Å². The van der Waals surface area contributed by atoms with E-state index in [1.54, 1.807) is 0 Å². The number of hydrogen-bond donors (Lipinski definition) is 1. The highest BCUT2D eigenvalue weighted by Crippen LogP contribution is 3.02. The minimum Gasteiger partial charge on any atom is -0.506 e. The summed E-state index contributed by atoms with van der Waals surface area (Å²) in [5.41, 5.74) is 1.33. The lowest BCUT2D eigenvalue weighted by atomic mass is 10.2. The highest BCUT2D eigenvalue weighted by molar-refractivity contribution is 8.45. The van der Waals surface area contributed by atoms with Crippen molar-refractivity contribution in [3.63, 3.8) is 0 Å². The molecule has 2 rings (SSSR count). The summed E-state index contributed by atoms with van der Waals surface area (Å²) in [7, 11) is -9.73. The van der Waals surface area contributed by atoms with Gasteiger partial charge in [0.15, 0.2) is 0 Å². The average Bonchev–Trinajstić information content (AvgIpc) is 2.39. The van der Waals surface area contributed by atoms with Crippen molar-refractivity contribution in [1.29, 1.82) is 0 Å². The van der Waals surface area contributed by atoms with Gasteiger partial charge in [-0.2, -0.15) is 0 Å². The number of phenols is 1. The summed E-state index contributed by atoms with van der Waals surface area (Å²) < 4.78 is 60.2. The summed E-state index contributed by atoms with van der Waals surface area (Å²) in [6.07, 6.45) is 2.89. The van der Waals surface area contributed by atoms with E-state index in [0.29, 0.717) is 6.07 Å². The Hall–Kier alpha value is -2.02. The maximum atomic E-state index is 12.0. The zero-order chi connectivity index (χ0) is 16.9. The predicted molar refractivity (Wildman–Crippen MR) is 79.8 cm³/mol. The van der Waals surface area contributed by atoms with E-state index in [0.717, 1.165) is 18.6 Å². The Labute approximate surface area is 125 Å². The molecule has 0 fully saturated rings. The molecule has 0 aliphatic heterocycles. The molecule has 0 spiro atoms. The van der Waals surface area contributed by atoms with Gasteiger partial charge in [-0.3, -0.25) is 0 Å². The van der Waals surface area contributed by atoms with Crippen LogP contribution in [0.3, 0.4) is 0 Å². The molecule has 0 unspecified atom stereocenters. The molecule has 0 aromatic heterocycles. The first kappa shape index (κ1) is 18.0. The minimum absolute atomic E-state index is 0.150. The standard InChI is InChI=1S/C9H10.C6H5F5OS/c1-2-6-9-7-4-3-5-8-9;7-13(8,9,10,11)6-4-2-1-3-5(6)12/h2-5,7-8H,1,6H2;1-4,12H. The van der Waals surface area contributed by atoms with Crippen molar-refractivity contribution >= 4 is 10.2 Å². The van der Waals surface area contributed by atoms with E-state index in [9.17, 15) is 19.4 Å². The summed E-state index contributed by atoms with van der Waals surface area (Å²) in [4.78, 5) is -2.25. The lowest BCUT2D eigenvalue weighted by molar-refractivity contribution is 0.352. The van der Waals surface area contributed by atoms with Gasteiger partial charge >= 0.3 is 10.2 Å². The summed E-state index contributed by atoms with van der Waals surface area (Å²) in [6.45, 7) is 3.66. The zero-order valence-electron chi connectivity index (χ0n) is 11.4. The molecule has 2 aromatic rings. The van der Waals surface area contributed by atoms with E-state index in [1.807, 2.05) is 24.3 Å². The molecule has 22 heavy (non-hydrogen) atoms. The number of phenolic OH excluding ortho intramolecular Hbond substituents is 1. The topological polar surface area (TPSA) is 20.2 Å². The van der Waals surface area contributed by atoms with Gasteiger partial charge < -0.3 is 5.11 Å². The summed E-state index contributed by atoms with van der Waals surface area (Å²) in [6, 6.07) is 12.8. The van der Waals surface area contributed by atoms with Crippen molar-refractivity contribution in [2.75, 3.05) is 0 Å². The van der Waals surface area contributed by atoms with Crippen molar-refractivity contribution in [1.82, 2.24) is 0 Å². The average molecular weight is 338 g/mol. The van der Waals surface area contributed by atoms with Crippen LogP contribution in [0, 0.1) is 0 Å². The lowest BCUT2D eigenvalue weighted by Crippen LogP contribution is -2.05. The molecule has 0 heterocycles.